The van der Waals surface area contributed by atoms with E-state index in [0.29, 0.717) is 11.8 Å². The van der Waals surface area contributed by atoms with Gasteiger partial charge in [-0.2, -0.15) is 0 Å². The Morgan fingerprint density at radius 3 is 1.82 bits per heavy atom. The zero-order valence-corrected chi connectivity index (χ0v) is 12.5. The van der Waals surface area contributed by atoms with Gasteiger partial charge in [-0.15, -0.1) is 0 Å². The molecular formula is C15H23OP. The molecule has 0 spiro atoms. The molecule has 1 aromatic rings. The highest BCUT2D eigenvalue weighted by molar-refractivity contribution is 7.72. The largest absolute Gasteiger partial charge is 0.319 e. The van der Waals surface area contributed by atoms with Crippen LogP contribution in [-0.2, 0) is 4.57 Å². The van der Waals surface area contributed by atoms with Gasteiger partial charge >= 0.3 is 0 Å². The molecule has 1 saturated heterocycles. The van der Waals surface area contributed by atoms with E-state index in [0.717, 1.165) is 12.3 Å². The maximum absolute atomic E-state index is 13.2. The normalized spacial score (nSPS) is 33.0. The van der Waals surface area contributed by atoms with Crippen LogP contribution in [0.4, 0.5) is 0 Å². The molecule has 1 aliphatic heterocycles. The quantitative estimate of drug-likeness (QED) is 0.691. The van der Waals surface area contributed by atoms with Crippen LogP contribution in [0.5, 0.6) is 0 Å². The minimum atomic E-state index is -2.13. The van der Waals surface area contributed by atoms with Crippen LogP contribution >= 0.6 is 7.14 Å². The monoisotopic (exact) mass is 250 g/mol. The van der Waals surface area contributed by atoms with Gasteiger partial charge in [-0.1, -0.05) is 31.5 Å². The Morgan fingerprint density at radius 1 is 1.00 bits per heavy atom. The molecule has 2 unspecified atom stereocenters. The first-order valence-electron chi connectivity index (χ1n) is 6.50. The molecule has 0 aromatic heterocycles. The predicted molar refractivity (Wildman–Crippen MR) is 76.0 cm³/mol. The number of rotatable bonds is 1. The molecule has 17 heavy (non-hydrogen) atoms. The van der Waals surface area contributed by atoms with E-state index >= 15 is 0 Å². The maximum atomic E-state index is 13.2. The maximum Gasteiger partial charge on any atom is 0.116 e. The Bertz CT molecular complexity index is 453. The third kappa shape index (κ3) is 2.22. The number of benzene rings is 1. The lowest BCUT2D eigenvalue weighted by Crippen LogP contribution is -2.15. The summed E-state index contributed by atoms with van der Waals surface area (Å²) in [5.74, 6) is 1.20. The molecule has 0 amide bonds. The van der Waals surface area contributed by atoms with Crippen molar-refractivity contribution in [3.8, 4) is 0 Å². The van der Waals surface area contributed by atoms with Gasteiger partial charge in [0.25, 0.3) is 0 Å². The molecule has 1 aliphatic rings. The van der Waals surface area contributed by atoms with Crippen LogP contribution in [0.15, 0.2) is 12.1 Å². The molecule has 1 fully saturated rings. The van der Waals surface area contributed by atoms with Crippen LogP contribution < -0.4 is 5.30 Å². The Hall–Kier alpha value is -0.550. The van der Waals surface area contributed by atoms with E-state index in [1.165, 1.54) is 22.0 Å². The van der Waals surface area contributed by atoms with Crippen molar-refractivity contribution < 1.29 is 4.57 Å². The molecule has 0 aliphatic carbocycles. The molecular weight excluding hydrogens is 227 g/mol. The average Bonchev–Trinajstić information content (AvgIpc) is 2.38. The van der Waals surface area contributed by atoms with Crippen molar-refractivity contribution in [1.29, 1.82) is 0 Å². The van der Waals surface area contributed by atoms with Crippen molar-refractivity contribution in [1.82, 2.24) is 0 Å². The third-order valence-electron chi connectivity index (χ3n) is 4.18. The standard InChI is InChI=1S/C15H23OP/c1-10-6-11(2)15(12(3)7-10)17(16)8-13(4)14(5)9-17/h6-7,13-14H,8-9H2,1-5H3. The lowest BCUT2D eigenvalue weighted by molar-refractivity contribution is 0.494. The summed E-state index contributed by atoms with van der Waals surface area (Å²) in [6.07, 6.45) is 1.80. The van der Waals surface area contributed by atoms with Crippen molar-refractivity contribution >= 4 is 12.4 Å². The summed E-state index contributed by atoms with van der Waals surface area (Å²) in [4.78, 5) is 0. The van der Waals surface area contributed by atoms with E-state index < -0.39 is 7.14 Å². The van der Waals surface area contributed by atoms with Crippen LogP contribution in [0.25, 0.3) is 0 Å². The SMILES string of the molecule is Cc1cc(C)c(P2(=O)CC(C)C(C)C2)c(C)c1. The third-order valence-corrected chi connectivity index (χ3v) is 8.03. The second-order valence-electron chi connectivity index (χ2n) is 5.96. The van der Waals surface area contributed by atoms with E-state index in [9.17, 15) is 4.57 Å². The van der Waals surface area contributed by atoms with Crippen LogP contribution in [-0.4, -0.2) is 12.3 Å². The Morgan fingerprint density at radius 2 is 1.41 bits per heavy atom. The van der Waals surface area contributed by atoms with Gasteiger partial charge in [-0.25, -0.2) is 0 Å². The fourth-order valence-electron chi connectivity index (χ4n) is 3.36. The Kier molecular flexibility index (Phi) is 3.25. The second kappa shape index (κ2) is 4.28. The topological polar surface area (TPSA) is 17.1 Å². The highest BCUT2D eigenvalue weighted by Gasteiger charge is 2.39. The molecule has 94 valence electrons. The summed E-state index contributed by atoms with van der Waals surface area (Å²) in [5, 5.41) is 1.18. The highest BCUT2D eigenvalue weighted by atomic mass is 31.2. The summed E-state index contributed by atoms with van der Waals surface area (Å²) in [6, 6.07) is 4.35. The molecule has 0 saturated carbocycles. The van der Waals surface area contributed by atoms with Crippen LogP contribution in [0.3, 0.4) is 0 Å². The predicted octanol–water partition coefficient (Wildman–Crippen LogP) is 3.89. The molecule has 2 rings (SSSR count). The highest BCUT2D eigenvalue weighted by Crippen LogP contribution is 2.56. The van der Waals surface area contributed by atoms with Crippen LogP contribution in [0.2, 0.25) is 0 Å². The van der Waals surface area contributed by atoms with Gasteiger partial charge in [0.15, 0.2) is 0 Å². The van der Waals surface area contributed by atoms with Crippen molar-refractivity contribution in [2.45, 2.75) is 34.6 Å². The Balaban J connectivity index is 2.52. The lowest BCUT2D eigenvalue weighted by atomic mass is 10.0. The molecule has 0 bridgehead atoms. The van der Waals surface area contributed by atoms with Crippen molar-refractivity contribution in [3.63, 3.8) is 0 Å². The number of aryl methyl sites for hydroxylation is 3. The smallest absolute Gasteiger partial charge is 0.116 e. The Labute approximate surface area is 105 Å². The molecule has 1 aromatic carbocycles. The van der Waals surface area contributed by atoms with Gasteiger partial charge in [0.2, 0.25) is 0 Å². The van der Waals surface area contributed by atoms with Crippen molar-refractivity contribution in [3.05, 3.63) is 28.8 Å². The summed E-state index contributed by atoms with van der Waals surface area (Å²) in [6.45, 7) is 10.8. The van der Waals surface area contributed by atoms with Gasteiger partial charge in [0, 0.05) is 17.6 Å². The minimum Gasteiger partial charge on any atom is -0.319 e. The zero-order valence-electron chi connectivity index (χ0n) is 11.6. The van der Waals surface area contributed by atoms with Gasteiger partial charge in [0.1, 0.15) is 7.14 Å². The zero-order chi connectivity index (χ0) is 12.8. The van der Waals surface area contributed by atoms with E-state index in [1.807, 2.05) is 0 Å². The summed E-state index contributed by atoms with van der Waals surface area (Å²) in [7, 11) is -2.13. The van der Waals surface area contributed by atoms with Crippen molar-refractivity contribution in [2.75, 3.05) is 12.3 Å². The summed E-state index contributed by atoms with van der Waals surface area (Å²) in [5.41, 5.74) is 3.73. The summed E-state index contributed by atoms with van der Waals surface area (Å²) < 4.78 is 13.2. The van der Waals surface area contributed by atoms with Crippen LogP contribution in [0.1, 0.15) is 30.5 Å². The molecule has 1 heterocycles. The number of hydrogen-bond acceptors (Lipinski definition) is 1. The fourth-order valence-corrected chi connectivity index (χ4v) is 7.87. The van der Waals surface area contributed by atoms with E-state index in [2.05, 4.69) is 46.8 Å². The first-order valence-corrected chi connectivity index (χ1v) is 8.58. The first kappa shape index (κ1) is 12.9. The van der Waals surface area contributed by atoms with Crippen molar-refractivity contribution in [2.24, 2.45) is 11.8 Å². The van der Waals surface area contributed by atoms with Gasteiger partial charge in [-0.05, 0) is 43.7 Å². The van der Waals surface area contributed by atoms with Gasteiger partial charge in [-0.3, -0.25) is 0 Å². The van der Waals surface area contributed by atoms with Gasteiger partial charge < -0.3 is 4.57 Å². The average molecular weight is 250 g/mol. The molecule has 0 radical (unpaired) electrons. The molecule has 1 nitrogen and oxygen atoms in total. The van der Waals surface area contributed by atoms with Crippen LogP contribution in [0, 0.1) is 32.6 Å². The fraction of sp³-hybridized carbons (Fsp3) is 0.600. The van der Waals surface area contributed by atoms with Gasteiger partial charge in [0.05, 0.1) is 0 Å². The molecule has 0 N–H and O–H groups in total. The molecule has 2 atom stereocenters. The minimum absolute atomic E-state index is 0.598. The van der Waals surface area contributed by atoms with E-state index in [1.54, 1.807) is 0 Å². The first-order chi connectivity index (χ1) is 7.83. The van der Waals surface area contributed by atoms with E-state index in [4.69, 9.17) is 0 Å². The lowest BCUT2D eigenvalue weighted by Gasteiger charge is -2.18. The second-order valence-corrected chi connectivity index (χ2v) is 8.91. The summed E-state index contributed by atoms with van der Waals surface area (Å²) >= 11 is 0. The van der Waals surface area contributed by atoms with E-state index in [-0.39, 0.29) is 0 Å². The molecule has 2 heteroatoms. The number of hydrogen-bond donors (Lipinski definition) is 0.